The first-order valence-corrected chi connectivity index (χ1v) is 10.2. The second-order valence-electron chi connectivity index (χ2n) is 7.39. The number of halogens is 1. The van der Waals surface area contributed by atoms with Gasteiger partial charge in [0.25, 0.3) is 0 Å². The molecule has 0 amide bonds. The molecule has 1 fully saturated rings. The summed E-state index contributed by atoms with van der Waals surface area (Å²) in [4.78, 5) is 22.5. The number of hydrogen-bond donors (Lipinski definition) is 0. The van der Waals surface area contributed by atoms with Crippen molar-refractivity contribution in [3.8, 4) is 22.7 Å². The Labute approximate surface area is 179 Å². The second kappa shape index (κ2) is 8.61. The largest absolute Gasteiger partial charge is 0.463 e. The molecule has 0 spiro atoms. The molecule has 0 N–H and O–H groups in total. The topological polar surface area (TPSA) is 71.2 Å². The van der Waals surface area contributed by atoms with Crippen LogP contribution in [0.1, 0.15) is 5.56 Å². The van der Waals surface area contributed by atoms with Crippen molar-refractivity contribution in [3.05, 3.63) is 78.8 Å². The number of nitrogens with zero attached hydrogens (tertiary/aromatic N) is 6. The number of benzene rings is 1. The van der Waals surface area contributed by atoms with Gasteiger partial charge >= 0.3 is 0 Å². The minimum absolute atomic E-state index is 0.206. The second-order valence-corrected chi connectivity index (χ2v) is 7.39. The number of piperazine rings is 1. The predicted molar refractivity (Wildman–Crippen MR) is 115 cm³/mol. The summed E-state index contributed by atoms with van der Waals surface area (Å²) in [5.41, 5.74) is 3.29. The van der Waals surface area contributed by atoms with E-state index in [1.54, 1.807) is 31.1 Å². The Balaban J connectivity index is 1.34. The van der Waals surface area contributed by atoms with Gasteiger partial charge in [0.15, 0.2) is 5.76 Å². The van der Waals surface area contributed by atoms with Gasteiger partial charge < -0.3 is 9.32 Å². The fraction of sp³-hybridized carbons (Fsp3) is 0.217. The number of rotatable bonds is 5. The molecule has 0 radical (unpaired) electrons. The normalized spacial score (nSPS) is 14.7. The lowest BCUT2D eigenvalue weighted by Gasteiger charge is -2.34. The summed E-state index contributed by atoms with van der Waals surface area (Å²) in [5.74, 6) is 1.13. The molecule has 1 aromatic carbocycles. The van der Waals surface area contributed by atoms with Gasteiger partial charge in [-0.05, 0) is 29.8 Å². The average molecular weight is 416 g/mol. The molecule has 156 valence electrons. The van der Waals surface area contributed by atoms with E-state index in [2.05, 4.69) is 24.8 Å². The molecular weight excluding hydrogens is 395 g/mol. The molecule has 0 atom stereocenters. The number of furan rings is 1. The quantitative estimate of drug-likeness (QED) is 0.492. The van der Waals surface area contributed by atoms with Crippen LogP contribution in [0.3, 0.4) is 0 Å². The molecular formula is C23H21FN6O. The molecule has 0 bridgehead atoms. The summed E-state index contributed by atoms with van der Waals surface area (Å²) >= 11 is 0. The van der Waals surface area contributed by atoms with Crippen LogP contribution in [0.4, 0.5) is 10.3 Å². The van der Waals surface area contributed by atoms with Gasteiger partial charge in [0.1, 0.15) is 11.5 Å². The fourth-order valence-electron chi connectivity index (χ4n) is 3.71. The Morgan fingerprint density at radius 2 is 1.77 bits per heavy atom. The molecule has 3 aromatic heterocycles. The average Bonchev–Trinajstić information content (AvgIpc) is 3.36. The van der Waals surface area contributed by atoms with Crippen molar-refractivity contribution in [1.29, 1.82) is 0 Å². The third-order valence-corrected chi connectivity index (χ3v) is 5.34. The van der Waals surface area contributed by atoms with Crippen molar-refractivity contribution in [1.82, 2.24) is 24.8 Å². The van der Waals surface area contributed by atoms with Gasteiger partial charge in [0.2, 0.25) is 5.95 Å². The van der Waals surface area contributed by atoms with E-state index in [9.17, 15) is 4.39 Å². The van der Waals surface area contributed by atoms with Gasteiger partial charge in [0.05, 0.1) is 18.2 Å². The molecule has 4 aromatic rings. The molecule has 7 nitrogen and oxygen atoms in total. The molecule has 0 saturated carbocycles. The Bertz CT molecular complexity index is 1130. The van der Waals surface area contributed by atoms with Gasteiger partial charge in [-0.2, -0.15) is 0 Å². The fourth-order valence-corrected chi connectivity index (χ4v) is 3.71. The first-order chi connectivity index (χ1) is 15.3. The van der Waals surface area contributed by atoms with E-state index in [0.717, 1.165) is 43.9 Å². The van der Waals surface area contributed by atoms with Crippen molar-refractivity contribution in [2.45, 2.75) is 6.54 Å². The van der Waals surface area contributed by atoms with Crippen LogP contribution < -0.4 is 4.90 Å². The first kappa shape index (κ1) is 19.3. The summed E-state index contributed by atoms with van der Waals surface area (Å²) in [6.45, 7) is 4.18. The highest BCUT2D eigenvalue weighted by Crippen LogP contribution is 2.30. The summed E-state index contributed by atoms with van der Waals surface area (Å²) in [6, 6.07) is 10.4. The molecule has 1 saturated heterocycles. The van der Waals surface area contributed by atoms with Crippen molar-refractivity contribution >= 4 is 5.95 Å². The molecule has 0 aliphatic carbocycles. The van der Waals surface area contributed by atoms with E-state index in [4.69, 9.17) is 9.40 Å². The van der Waals surface area contributed by atoms with Crippen LogP contribution in [-0.2, 0) is 6.54 Å². The summed E-state index contributed by atoms with van der Waals surface area (Å²) in [6.07, 6.45) is 8.39. The zero-order valence-corrected chi connectivity index (χ0v) is 16.9. The van der Waals surface area contributed by atoms with Gasteiger partial charge in [-0.1, -0.05) is 12.1 Å². The van der Waals surface area contributed by atoms with Crippen molar-refractivity contribution in [2.75, 3.05) is 31.1 Å². The molecule has 1 aliphatic rings. The highest BCUT2D eigenvalue weighted by Gasteiger charge is 2.22. The van der Waals surface area contributed by atoms with E-state index >= 15 is 0 Å². The SMILES string of the molecule is Fc1ccc(CN2CCN(c3ncc(-c4cnccn4)c(-c4ccco4)n3)CC2)cc1. The molecule has 4 heterocycles. The van der Waals surface area contributed by atoms with E-state index < -0.39 is 0 Å². The lowest BCUT2D eigenvalue weighted by molar-refractivity contribution is 0.248. The number of aromatic nitrogens is 4. The Morgan fingerprint density at radius 3 is 2.48 bits per heavy atom. The summed E-state index contributed by atoms with van der Waals surface area (Å²) in [7, 11) is 0. The minimum atomic E-state index is -0.206. The molecule has 1 aliphatic heterocycles. The first-order valence-electron chi connectivity index (χ1n) is 10.2. The number of hydrogen-bond acceptors (Lipinski definition) is 7. The van der Waals surface area contributed by atoms with Gasteiger partial charge in [-0.25, -0.2) is 14.4 Å². The smallest absolute Gasteiger partial charge is 0.226 e. The maximum absolute atomic E-state index is 13.1. The van der Waals surface area contributed by atoms with E-state index in [0.29, 0.717) is 23.1 Å². The summed E-state index contributed by atoms with van der Waals surface area (Å²) < 4.78 is 18.8. The maximum Gasteiger partial charge on any atom is 0.226 e. The van der Waals surface area contributed by atoms with Gasteiger partial charge in [0, 0.05) is 56.9 Å². The van der Waals surface area contributed by atoms with E-state index in [1.807, 2.05) is 24.3 Å². The zero-order chi connectivity index (χ0) is 21.0. The molecule has 8 heteroatoms. The highest BCUT2D eigenvalue weighted by molar-refractivity contribution is 5.76. The van der Waals surface area contributed by atoms with Crippen LogP contribution in [0.15, 0.2) is 71.9 Å². The van der Waals surface area contributed by atoms with Crippen LogP contribution in [0.25, 0.3) is 22.7 Å². The van der Waals surface area contributed by atoms with Crippen molar-refractivity contribution in [3.63, 3.8) is 0 Å². The zero-order valence-electron chi connectivity index (χ0n) is 16.9. The minimum Gasteiger partial charge on any atom is -0.463 e. The Kier molecular flexibility index (Phi) is 5.37. The Hall–Kier alpha value is -3.65. The van der Waals surface area contributed by atoms with Crippen molar-refractivity contribution in [2.24, 2.45) is 0 Å². The highest BCUT2D eigenvalue weighted by atomic mass is 19.1. The van der Waals surface area contributed by atoms with Crippen LogP contribution >= 0.6 is 0 Å². The predicted octanol–water partition coefficient (Wildman–Crippen LogP) is 3.65. The monoisotopic (exact) mass is 416 g/mol. The van der Waals surface area contributed by atoms with Crippen LogP contribution in [0.2, 0.25) is 0 Å². The third kappa shape index (κ3) is 4.29. The van der Waals surface area contributed by atoms with E-state index in [-0.39, 0.29) is 5.82 Å². The standard InChI is InChI=1S/C23H21FN6O/c24-18-5-3-17(4-6-18)16-29-9-11-30(12-10-29)23-27-14-19(20-15-25-7-8-26-20)22(28-23)21-2-1-13-31-21/h1-8,13-15H,9-12,16H2. The Morgan fingerprint density at radius 1 is 0.935 bits per heavy atom. The third-order valence-electron chi connectivity index (χ3n) is 5.34. The molecule has 5 rings (SSSR count). The van der Waals surface area contributed by atoms with Crippen LogP contribution in [0.5, 0.6) is 0 Å². The van der Waals surface area contributed by atoms with Crippen LogP contribution in [-0.4, -0.2) is 51.0 Å². The lowest BCUT2D eigenvalue weighted by Crippen LogP contribution is -2.46. The van der Waals surface area contributed by atoms with E-state index in [1.165, 1.54) is 12.1 Å². The lowest BCUT2D eigenvalue weighted by atomic mass is 10.1. The molecule has 0 unspecified atom stereocenters. The van der Waals surface area contributed by atoms with Gasteiger partial charge in [-0.15, -0.1) is 0 Å². The van der Waals surface area contributed by atoms with Crippen LogP contribution in [0, 0.1) is 5.82 Å². The van der Waals surface area contributed by atoms with Gasteiger partial charge in [-0.3, -0.25) is 14.9 Å². The van der Waals surface area contributed by atoms with Crippen molar-refractivity contribution < 1.29 is 8.81 Å². The maximum atomic E-state index is 13.1. The molecule has 31 heavy (non-hydrogen) atoms. The summed E-state index contributed by atoms with van der Waals surface area (Å²) in [5, 5.41) is 0. The number of anilines is 1.